The van der Waals surface area contributed by atoms with Crippen molar-refractivity contribution in [3.05, 3.63) is 88.4 Å². The Balaban J connectivity index is 1.57. The Bertz CT molecular complexity index is 1470. The lowest BCUT2D eigenvalue weighted by molar-refractivity contribution is -0.124. The van der Waals surface area contributed by atoms with Gasteiger partial charge < -0.3 is 24.8 Å². The van der Waals surface area contributed by atoms with Gasteiger partial charge in [0.25, 0.3) is 17.7 Å². The number of hydrazone groups is 1. The van der Waals surface area contributed by atoms with Gasteiger partial charge in [-0.2, -0.15) is 5.10 Å². The Morgan fingerprint density at radius 3 is 2.18 bits per heavy atom. The number of benzene rings is 3. The molecular weight excluding hydrogens is 588 g/mol. The number of hydrogen-bond acceptors (Lipinski definition) is 8. The zero-order chi connectivity index (χ0) is 32.1. The fourth-order valence-corrected chi connectivity index (χ4v) is 3.96. The van der Waals surface area contributed by atoms with Gasteiger partial charge in [-0.3, -0.25) is 14.4 Å². The number of nitrogens with zero attached hydrogens (tertiary/aromatic N) is 1. The van der Waals surface area contributed by atoms with Crippen LogP contribution < -0.4 is 25.5 Å². The molecule has 0 bridgehead atoms. The van der Waals surface area contributed by atoms with Crippen molar-refractivity contribution in [1.29, 1.82) is 0 Å². The number of anilines is 1. The topological polar surface area (TPSA) is 144 Å². The van der Waals surface area contributed by atoms with E-state index in [4.69, 9.17) is 25.8 Å². The molecular formula is C32H35ClN4O7. The molecule has 232 valence electrons. The van der Waals surface area contributed by atoms with E-state index in [-0.39, 0.29) is 19.1 Å². The fourth-order valence-electron chi connectivity index (χ4n) is 3.84. The molecule has 1 unspecified atom stereocenters. The van der Waals surface area contributed by atoms with Crippen LogP contribution in [0.3, 0.4) is 0 Å². The minimum absolute atomic E-state index is 0.205. The van der Waals surface area contributed by atoms with Crippen LogP contribution >= 0.6 is 11.6 Å². The van der Waals surface area contributed by atoms with Gasteiger partial charge in [-0.05, 0) is 92.1 Å². The van der Waals surface area contributed by atoms with E-state index >= 15 is 0 Å². The van der Waals surface area contributed by atoms with Crippen LogP contribution in [0.1, 0.15) is 54.0 Å². The average molecular weight is 623 g/mol. The maximum absolute atomic E-state index is 12.8. The van der Waals surface area contributed by atoms with Crippen LogP contribution in [0, 0.1) is 5.92 Å². The SMILES string of the molecule is CCOC(=O)c1ccc(NC(=O)COc2ccc(C=NNC(=O)C(NC(=O)c3ccc(Cl)cc3)C(C)C)cc2OCC)cc1. The highest BCUT2D eigenvalue weighted by Crippen LogP contribution is 2.28. The molecule has 1 atom stereocenters. The Hall–Kier alpha value is -4.90. The van der Waals surface area contributed by atoms with Gasteiger partial charge in [0.2, 0.25) is 0 Å². The van der Waals surface area contributed by atoms with E-state index in [0.29, 0.717) is 45.5 Å². The average Bonchev–Trinajstić information content (AvgIpc) is 3.00. The lowest BCUT2D eigenvalue weighted by atomic mass is 10.0. The number of carbonyl (C=O) groups excluding carboxylic acids is 4. The molecule has 0 saturated carbocycles. The maximum atomic E-state index is 12.8. The quantitative estimate of drug-likeness (QED) is 0.133. The van der Waals surface area contributed by atoms with Gasteiger partial charge in [0, 0.05) is 16.3 Å². The highest BCUT2D eigenvalue weighted by molar-refractivity contribution is 6.30. The molecule has 11 nitrogen and oxygen atoms in total. The van der Waals surface area contributed by atoms with E-state index in [1.54, 1.807) is 73.7 Å². The van der Waals surface area contributed by atoms with E-state index in [1.807, 2.05) is 20.8 Å². The van der Waals surface area contributed by atoms with E-state index in [2.05, 4.69) is 21.2 Å². The summed E-state index contributed by atoms with van der Waals surface area (Å²) in [4.78, 5) is 49.7. The number of rotatable bonds is 14. The Labute approximate surface area is 260 Å². The first kappa shape index (κ1) is 33.6. The van der Waals surface area contributed by atoms with Crippen LogP contribution in [0.5, 0.6) is 11.5 Å². The summed E-state index contributed by atoms with van der Waals surface area (Å²) in [7, 11) is 0. The summed E-state index contributed by atoms with van der Waals surface area (Å²) in [6.07, 6.45) is 1.43. The molecule has 3 aromatic rings. The standard InChI is InChI=1S/C32H35ClN4O7/c1-5-42-27-17-21(18-34-37-31(40)29(20(3)4)36-30(39)22-8-12-24(33)13-9-22)7-16-26(27)44-19-28(38)35-25-14-10-23(11-15-25)32(41)43-6-2/h7-18,20,29H,5-6,19H2,1-4H3,(H,35,38)(H,36,39)(H,37,40). The first-order valence-corrected chi connectivity index (χ1v) is 14.3. The van der Waals surface area contributed by atoms with Crippen molar-refractivity contribution in [1.82, 2.24) is 10.7 Å². The fraction of sp³-hybridized carbons (Fsp3) is 0.281. The number of amides is 3. The van der Waals surface area contributed by atoms with Gasteiger partial charge in [-0.1, -0.05) is 25.4 Å². The predicted molar refractivity (Wildman–Crippen MR) is 167 cm³/mol. The zero-order valence-corrected chi connectivity index (χ0v) is 25.6. The van der Waals surface area contributed by atoms with Crippen LogP contribution in [0.4, 0.5) is 5.69 Å². The molecule has 3 rings (SSSR count). The van der Waals surface area contributed by atoms with Crippen LogP contribution in [-0.2, 0) is 14.3 Å². The second-order valence-corrected chi connectivity index (χ2v) is 10.1. The van der Waals surface area contributed by atoms with Crippen LogP contribution in [0.25, 0.3) is 0 Å². The highest BCUT2D eigenvalue weighted by Gasteiger charge is 2.24. The van der Waals surface area contributed by atoms with E-state index in [0.717, 1.165) is 0 Å². The van der Waals surface area contributed by atoms with Gasteiger partial charge >= 0.3 is 5.97 Å². The molecule has 0 heterocycles. The minimum atomic E-state index is -0.827. The first-order chi connectivity index (χ1) is 21.1. The van der Waals surface area contributed by atoms with Gasteiger partial charge in [0.1, 0.15) is 6.04 Å². The lowest BCUT2D eigenvalue weighted by Gasteiger charge is -2.20. The van der Waals surface area contributed by atoms with Gasteiger partial charge in [0.15, 0.2) is 18.1 Å². The normalized spacial score (nSPS) is 11.5. The largest absolute Gasteiger partial charge is 0.490 e. The van der Waals surface area contributed by atoms with Crippen molar-refractivity contribution in [2.75, 3.05) is 25.1 Å². The Kier molecular flexibility index (Phi) is 12.7. The third-order valence-corrected chi connectivity index (χ3v) is 6.29. The molecule has 0 spiro atoms. The molecule has 0 aliphatic carbocycles. The maximum Gasteiger partial charge on any atom is 0.338 e. The summed E-state index contributed by atoms with van der Waals surface area (Å²) in [5.41, 5.74) is 4.32. The predicted octanol–water partition coefficient (Wildman–Crippen LogP) is 4.84. The highest BCUT2D eigenvalue weighted by atomic mass is 35.5. The molecule has 0 aliphatic rings. The van der Waals surface area contributed by atoms with Crippen molar-refractivity contribution in [3.8, 4) is 11.5 Å². The number of esters is 1. The monoisotopic (exact) mass is 622 g/mol. The molecule has 3 aromatic carbocycles. The first-order valence-electron chi connectivity index (χ1n) is 14.0. The number of halogens is 1. The third kappa shape index (κ3) is 10.1. The number of hydrogen-bond donors (Lipinski definition) is 3. The van der Waals surface area contributed by atoms with E-state index in [1.165, 1.54) is 6.21 Å². The molecule has 44 heavy (non-hydrogen) atoms. The lowest BCUT2D eigenvalue weighted by Crippen LogP contribution is -2.48. The summed E-state index contributed by atoms with van der Waals surface area (Å²) < 4.78 is 16.3. The van der Waals surface area contributed by atoms with Crippen molar-refractivity contribution in [2.24, 2.45) is 11.0 Å². The molecule has 3 amide bonds. The minimum Gasteiger partial charge on any atom is -0.490 e. The summed E-state index contributed by atoms with van der Waals surface area (Å²) in [6.45, 7) is 7.48. The smallest absolute Gasteiger partial charge is 0.338 e. The van der Waals surface area contributed by atoms with Gasteiger partial charge in [-0.25, -0.2) is 10.2 Å². The third-order valence-electron chi connectivity index (χ3n) is 6.04. The van der Waals surface area contributed by atoms with Crippen LogP contribution in [0.15, 0.2) is 71.8 Å². The van der Waals surface area contributed by atoms with Crippen molar-refractivity contribution < 1.29 is 33.4 Å². The molecule has 0 aliphatic heterocycles. The molecule has 0 aromatic heterocycles. The van der Waals surface area contributed by atoms with Crippen molar-refractivity contribution in [2.45, 2.75) is 33.7 Å². The summed E-state index contributed by atoms with van der Waals surface area (Å²) >= 11 is 5.89. The van der Waals surface area contributed by atoms with Crippen molar-refractivity contribution >= 4 is 47.2 Å². The summed E-state index contributed by atoms with van der Waals surface area (Å²) in [5.74, 6) is -1.22. The second kappa shape index (κ2) is 16.7. The van der Waals surface area contributed by atoms with Crippen LogP contribution in [0.2, 0.25) is 5.02 Å². The van der Waals surface area contributed by atoms with Gasteiger partial charge in [0.05, 0.1) is 25.0 Å². The molecule has 0 fully saturated rings. The number of ether oxygens (including phenoxy) is 3. The van der Waals surface area contributed by atoms with E-state index in [9.17, 15) is 19.2 Å². The van der Waals surface area contributed by atoms with Crippen molar-refractivity contribution in [3.63, 3.8) is 0 Å². The van der Waals surface area contributed by atoms with Crippen LogP contribution in [-0.4, -0.2) is 55.8 Å². The Morgan fingerprint density at radius 2 is 1.55 bits per heavy atom. The number of nitrogens with one attached hydrogen (secondary N) is 3. The van der Waals surface area contributed by atoms with E-state index < -0.39 is 29.7 Å². The van der Waals surface area contributed by atoms with Gasteiger partial charge in [-0.15, -0.1) is 0 Å². The zero-order valence-electron chi connectivity index (χ0n) is 24.9. The molecule has 0 saturated heterocycles. The Morgan fingerprint density at radius 1 is 0.864 bits per heavy atom. The summed E-state index contributed by atoms with van der Waals surface area (Å²) in [5, 5.41) is 9.97. The molecule has 12 heteroatoms. The summed E-state index contributed by atoms with van der Waals surface area (Å²) in [6, 6.07) is 16.8. The molecule has 3 N–H and O–H groups in total. The number of carbonyl (C=O) groups is 4. The second-order valence-electron chi connectivity index (χ2n) is 9.71. The molecule has 0 radical (unpaired) electrons.